The van der Waals surface area contributed by atoms with Crippen LogP contribution >= 0.6 is 0 Å². The summed E-state index contributed by atoms with van der Waals surface area (Å²) in [6.45, 7) is 0.329. The van der Waals surface area contributed by atoms with Gasteiger partial charge in [-0.15, -0.1) is 5.10 Å². The van der Waals surface area contributed by atoms with Crippen molar-refractivity contribution in [3.63, 3.8) is 0 Å². The number of aromatic nitrogens is 4. The first-order valence-corrected chi connectivity index (χ1v) is 4.86. The Kier molecular flexibility index (Phi) is 1.92. The van der Waals surface area contributed by atoms with Crippen molar-refractivity contribution in [1.29, 1.82) is 0 Å². The zero-order valence-electron chi connectivity index (χ0n) is 8.33. The Morgan fingerprint density at radius 1 is 1.50 bits per heavy atom. The number of carbonyl (C=O) groups excluding carboxylic acids is 1. The Morgan fingerprint density at radius 3 is 3.31 bits per heavy atom. The van der Waals surface area contributed by atoms with Crippen molar-refractivity contribution in [2.45, 2.75) is 13.0 Å². The predicted molar refractivity (Wildman–Crippen MR) is 53.3 cm³/mol. The highest BCUT2D eigenvalue weighted by Crippen LogP contribution is 2.31. The number of benzene rings is 1. The minimum absolute atomic E-state index is 0.329. The van der Waals surface area contributed by atoms with Crippen LogP contribution in [-0.4, -0.2) is 26.5 Å². The van der Waals surface area contributed by atoms with Gasteiger partial charge in [0.1, 0.15) is 24.3 Å². The van der Waals surface area contributed by atoms with Crippen molar-refractivity contribution in [3.05, 3.63) is 29.6 Å². The average Bonchev–Trinajstić information content (AvgIpc) is 2.78. The SMILES string of the molecule is O=CCc1cccc2c1OCc1nnnn1-2. The molecule has 0 radical (unpaired) electrons. The second-order valence-corrected chi connectivity index (χ2v) is 3.43. The van der Waals surface area contributed by atoms with E-state index in [1.54, 1.807) is 4.68 Å². The van der Waals surface area contributed by atoms with E-state index in [9.17, 15) is 4.79 Å². The summed E-state index contributed by atoms with van der Waals surface area (Å²) >= 11 is 0. The molecule has 0 atom stereocenters. The summed E-state index contributed by atoms with van der Waals surface area (Å²) in [5, 5.41) is 11.3. The Morgan fingerprint density at radius 2 is 2.44 bits per heavy atom. The fourth-order valence-corrected chi connectivity index (χ4v) is 1.77. The van der Waals surface area contributed by atoms with Crippen molar-refractivity contribution in [1.82, 2.24) is 20.2 Å². The molecule has 0 spiro atoms. The van der Waals surface area contributed by atoms with Crippen LogP contribution in [0.1, 0.15) is 11.4 Å². The van der Waals surface area contributed by atoms with Crippen molar-refractivity contribution in [3.8, 4) is 11.4 Å². The normalized spacial score (nSPS) is 12.5. The molecule has 0 saturated carbocycles. The lowest BCUT2D eigenvalue weighted by molar-refractivity contribution is -0.107. The summed E-state index contributed by atoms with van der Waals surface area (Å²) in [4.78, 5) is 10.6. The molecule has 3 rings (SSSR count). The summed E-state index contributed by atoms with van der Waals surface area (Å²) < 4.78 is 7.20. The topological polar surface area (TPSA) is 69.9 Å². The smallest absolute Gasteiger partial charge is 0.194 e. The number of ether oxygens (including phenoxy) is 1. The molecule has 2 heterocycles. The summed E-state index contributed by atoms with van der Waals surface area (Å²) in [7, 11) is 0. The second kappa shape index (κ2) is 3.41. The minimum atomic E-state index is 0.329. The molecule has 80 valence electrons. The third kappa shape index (κ3) is 1.19. The second-order valence-electron chi connectivity index (χ2n) is 3.43. The molecule has 2 aromatic rings. The molecule has 0 amide bonds. The molecule has 0 aliphatic carbocycles. The maximum Gasteiger partial charge on any atom is 0.194 e. The number of tetrazole rings is 1. The van der Waals surface area contributed by atoms with Crippen LogP contribution in [0.3, 0.4) is 0 Å². The van der Waals surface area contributed by atoms with E-state index >= 15 is 0 Å². The average molecular weight is 216 g/mol. The van der Waals surface area contributed by atoms with E-state index in [0.29, 0.717) is 24.6 Å². The van der Waals surface area contributed by atoms with E-state index in [-0.39, 0.29) is 0 Å². The quantitative estimate of drug-likeness (QED) is 0.675. The lowest BCUT2D eigenvalue weighted by Gasteiger charge is -2.19. The van der Waals surface area contributed by atoms with Gasteiger partial charge in [-0.25, -0.2) is 0 Å². The van der Waals surface area contributed by atoms with Gasteiger partial charge in [-0.05, 0) is 16.5 Å². The van der Waals surface area contributed by atoms with Crippen LogP contribution in [-0.2, 0) is 17.8 Å². The molecule has 0 bridgehead atoms. The highest BCUT2D eigenvalue weighted by Gasteiger charge is 2.21. The highest BCUT2D eigenvalue weighted by atomic mass is 16.5. The van der Waals surface area contributed by atoms with Crippen LogP contribution in [0.2, 0.25) is 0 Å². The van der Waals surface area contributed by atoms with Crippen LogP contribution in [0.25, 0.3) is 5.69 Å². The molecular formula is C10H8N4O2. The van der Waals surface area contributed by atoms with Crippen molar-refractivity contribution >= 4 is 6.29 Å². The number of hydrogen-bond donors (Lipinski definition) is 0. The van der Waals surface area contributed by atoms with Crippen molar-refractivity contribution in [2.75, 3.05) is 0 Å². The van der Waals surface area contributed by atoms with E-state index in [1.807, 2.05) is 18.2 Å². The molecule has 6 nitrogen and oxygen atoms in total. The third-order valence-corrected chi connectivity index (χ3v) is 2.49. The molecule has 6 heteroatoms. The van der Waals surface area contributed by atoms with Crippen LogP contribution in [0.15, 0.2) is 18.2 Å². The molecule has 1 aromatic heterocycles. The molecule has 1 aliphatic heterocycles. The third-order valence-electron chi connectivity index (χ3n) is 2.49. The standard InChI is InChI=1S/C10H8N4O2/c15-5-4-7-2-1-3-8-10(7)16-6-9-11-12-13-14(8)9/h1-3,5H,4,6H2. The number of carbonyl (C=O) groups is 1. The van der Waals surface area contributed by atoms with Crippen molar-refractivity contribution < 1.29 is 9.53 Å². The molecule has 16 heavy (non-hydrogen) atoms. The molecule has 0 saturated heterocycles. The van der Waals surface area contributed by atoms with Crippen molar-refractivity contribution in [2.24, 2.45) is 0 Å². The number of aldehydes is 1. The Balaban J connectivity index is 2.19. The number of fused-ring (bicyclic) bond motifs is 3. The van der Waals surface area contributed by atoms with Crippen LogP contribution in [0.4, 0.5) is 0 Å². The van der Waals surface area contributed by atoms with Gasteiger partial charge in [-0.1, -0.05) is 12.1 Å². The number of rotatable bonds is 2. The Labute approximate surface area is 90.8 Å². The number of nitrogens with zero attached hydrogens (tertiary/aromatic N) is 4. The largest absolute Gasteiger partial charge is 0.483 e. The monoisotopic (exact) mass is 216 g/mol. The van der Waals surface area contributed by atoms with E-state index in [0.717, 1.165) is 17.5 Å². The van der Waals surface area contributed by atoms with E-state index in [4.69, 9.17) is 4.74 Å². The molecule has 1 aromatic carbocycles. The zero-order valence-corrected chi connectivity index (χ0v) is 8.33. The Bertz CT molecular complexity index is 550. The maximum atomic E-state index is 10.6. The van der Waals surface area contributed by atoms with E-state index < -0.39 is 0 Å². The van der Waals surface area contributed by atoms with Gasteiger partial charge in [0.2, 0.25) is 0 Å². The van der Waals surface area contributed by atoms with Crippen LogP contribution < -0.4 is 4.74 Å². The number of hydrogen-bond acceptors (Lipinski definition) is 5. The molecule has 0 N–H and O–H groups in total. The first-order valence-electron chi connectivity index (χ1n) is 4.86. The van der Waals surface area contributed by atoms with E-state index in [2.05, 4.69) is 15.5 Å². The zero-order chi connectivity index (χ0) is 11.0. The molecular weight excluding hydrogens is 208 g/mol. The van der Waals surface area contributed by atoms with Gasteiger partial charge in [0.25, 0.3) is 0 Å². The van der Waals surface area contributed by atoms with Crippen LogP contribution in [0.5, 0.6) is 5.75 Å². The summed E-state index contributed by atoms with van der Waals surface area (Å²) in [5.41, 5.74) is 1.64. The lowest BCUT2D eigenvalue weighted by atomic mass is 10.1. The van der Waals surface area contributed by atoms with Gasteiger partial charge in [-0.3, -0.25) is 0 Å². The van der Waals surface area contributed by atoms with Gasteiger partial charge in [-0.2, -0.15) is 4.68 Å². The van der Waals surface area contributed by atoms with Gasteiger partial charge in [0.15, 0.2) is 5.82 Å². The summed E-state index contributed by atoms with van der Waals surface area (Å²) in [5.74, 6) is 1.35. The first kappa shape index (κ1) is 9.02. The van der Waals surface area contributed by atoms with Gasteiger partial charge >= 0.3 is 0 Å². The Hall–Kier alpha value is -2.24. The molecule has 0 fully saturated rings. The van der Waals surface area contributed by atoms with Gasteiger partial charge in [0.05, 0.1) is 0 Å². The maximum absolute atomic E-state index is 10.6. The minimum Gasteiger partial charge on any atom is -0.483 e. The molecule has 1 aliphatic rings. The van der Waals surface area contributed by atoms with Gasteiger partial charge < -0.3 is 9.53 Å². The summed E-state index contributed by atoms with van der Waals surface area (Å²) in [6, 6.07) is 5.59. The number of para-hydroxylation sites is 1. The fourth-order valence-electron chi connectivity index (χ4n) is 1.77. The first-order chi connectivity index (χ1) is 7.90. The van der Waals surface area contributed by atoms with Crippen LogP contribution in [0, 0.1) is 0 Å². The lowest BCUT2D eigenvalue weighted by Crippen LogP contribution is -2.15. The van der Waals surface area contributed by atoms with E-state index in [1.165, 1.54) is 0 Å². The molecule has 0 unspecified atom stereocenters. The predicted octanol–water partition coefficient (Wildman–Crippen LogP) is 0.296. The van der Waals surface area contributed by atoms with Gasteiger partial charge in [0, 0.05) is 12.0 Å². The summed E-state index contributed by atoms with van der Waals surface area (Å²) in [6.07, 6.45) is 1.19. The fraction of sp³-hybridized carbons (Fsp3) is 0.200. The highest BCUT2D eigenvalue weighted by molar-refractivity contribution is 5.62.